The molecule has 0 N–H and O–H groups in total. The van der Waals surface area contributed by atoms with E-state index in [1.54, 1.807) is 18.2 Å². The van der Waals surface area contributed by atoms with Gasteiger partial charge in [0.2, 0.25) is 0 Å². The van der Waals surface area contributed by atoms with Crippen LogP contribution in [0.3, 0.4) is 0 Å². The van der Waals surface area contributed by atoms with Crippen LogP contribution >= 0.6 is 0 Å². The minimum atomic E-state index is -0.499. The number of carbonyl (C=O) groups excluding carboxylic acids is 1. The number of esters is 1. The fraction of sp³-hybridized carbons (Fsp3) is 0.250. The number of methoxy groups -OCH3 is 2. The van der Waals surface area contributed by atoms with Gasteiger partial charge in [0, 0.05) is 6.42 Å². The van der Waals surface area contributed by atoms with E-state index in [2.05, 4.69) is 0 Å². The molecule has 0 bridgehead atoms. The van der Waals surface area contributed by atoms with Gasteiger partial charge in [0.05, 0.1) is 20.5 Å². The zero-order valence-electron chi connectivity index (χ0n) is 14.8. The number of ether oxygens (including phenoxy) is 3. The quantitative estimate of drug-likeness (QED) is 0.447. The Labute approximate surface area is 146 Å². The molecular weight excluding hydrogens is 323 g/mol. The summed E-state index contributed by atoms with van der Waals surface area (Å²) in [7, 11) is 2.78. The second-order valence-electron chi connectivity index (χ2n) is 5.58. The first-order valence-electron chi connectivity index (χ1n) is 7.80. The van der Waals surface area contributed by atoms with Gasteiger partial charge in [0.15, 0.2) is 0 Å². The number of hydrogen-bond donors (Lipinski definition) is 0. The molecular formula is C20H21FO4. The molecule has 0 unspecified atom stereocenters. The monoisotopic (exact) mass is 344 g/mol. The Hall–Kier alpha value is -2.82. The molecule has 5 heteroatoms. The van der Waals surface area contributed by atoms with E-state index in [4.69, 9.17) is 14.2 Å². The molecule has 0 heterocycles. The van der Waals surface area contributed by atoms with Crippen molar-refractivity contribution in [1.29, 1.82) is 0 Å². The van der Waals surface area contributed by atoms with Crippen molar-refractivity contribution in [2.75, 3.05) is 14.2 Å². The van der Waals surface area contributed by atoms with E-state index in [9.17, 15) is 9.18 Å². The van der Waals surface area contributed by atoms with Crippen molar-refractivity contribution in [2.45, 2.75) is 20.3 Å². The van der Waals surface area contributed by atoms with Crippen molar-refractivity contribution in [3.05, 3.63) is 71.0 Å². The Morgan fingerprint density at radius 2 is 1.96 bits per heavy atom. The van der Waals surface area contributed by atoms with Crippen molar-refractivity contribution in [2.24, 2.45) is 0 Å². The van der Waals surface area contributed by atoms with E-state index >= 15 is 0 Å². The lowest BCUT2D eigenvalue weighted by Crippen LogP contribution is -2.07. The highest BCUT2D eigenvalue weighted by Gasteiger charge is 2.18. The van der Waals surface area contributed by atoms with Crippen LogP contribution in [0.2, 0.25) is 0 Å². The van der Waals surface area contributed by atoms with E-state index in [0.29, 0.717) is 29.1 Å². The number of aryl methyl sites for hydroxylation is 2. The molecule has 0 aliphatic heterocycles. The van der Waals surface area contributed by atoms with Gasteiger partial charge in [-0.05, 0) is 54.8 Å². The van der Waals surface area contributed by atoms with Gasteiger partial charge in [-0.1, -0.05) is 12.1 Å². The van der Waals surface area contributed by atoms with Gasteiger partial charge in [0.1, 0.15) is 22.9 Å². The highest BCUT2D eigenvalue weighted by molar-refractivity contribution is 6.16. The first-order chi connectivity index (χ1) is 12.0. The maximum atomic E-state index is 13.3. The van der Waals surface area contributed by atoms with Crippen LogP contribution < -0.4 is 4.74 Å². The molecule has 0 saturated heterocycles. The Balaban J connectivity index is 2.41. The molecule has 1 aromatic carbocycles. The molecule has 0 spiro atoms. The Bertz CT molecular complexity index is 782. The summed E-state index contributed by atoms with van der Waals surface area (Å²) in [5, 5.41) is 0. The lowest BCUT2D eigenvalue weighted by atomic mass is 9.98. The number of hydrogen-bond acceptors (Lipinski definition) is 4. The fourth-order valence-corrected chi connectivity index (χ4v) is 2.48. The van der Waals surface area contributed by atoms with Crippen LogP contribution in [0.4, 0.5) is 4.39 Å². The van der Waals surface area contributed by atoms with Gasteiger partial charge in [-0.15, -0.1) is 0 Å². The average Bonchev–Trinajstić information content (AvgIpc) is 2.79. The third-order valence-electron chi connectivity index (χ3n) is 3.73. The minimum absolute atomic E-state index is 0.299. The normalized spacial score (nSPS) is 14.4. The summed E-state index contributed by atoms with van der Waals surface area (Å²) in [6.07, 6.45) is 7.83. The van der Waals surface area contributed by atoms with Crippen molar-refractivity contribution >= 4 is 11.5 Å². The van der Waals surface area contributed by atoms with Gasteiger partial charge in [0.25, 0.3) is 0 Å². The first kappa shape index (κ1) is 18.5. The van der Waals surface area contributed by atoms with Crippen LogP contribution in [-0.4, -0.2) is 20.2 Å². The second-order valence-corrected chi connectivity index (χ2v) is 5.58. The third-order valence-corrected chi connectivity index (χ3v) is 3.73. The maximum Gasteiger partial charge on any atom is 0.341 e. The molecule has 2 rings (SSSR count). The van der Waals surface area contributed by atoms with Crippen molar-refractivity contribution in [3.63, 3.8) is 0 Å². The molecule has 1 aliphatic carbocycles. The summed E-state index contributed by atoms with van der Waals surface area (Å²) in [6.45, 7) is 3.80. The largest absolute Gasteiger partial charge is 0.503 e. The Morgan fingerprint density at radius 1 is 1.20 bits per heavy atom. The molecule has 0 radical (unpaired) electrons. The van der Waals surface area contributed by atoms with Crippen molar-refractivity contribution in [3.8, 4) is 5.75 Å². The maximum absolute atomic E-state index is 13.3. The van der Waals surface area contributed by atoms with E-state index < -0.39 is 5.97 Å². The van der Waals surface area contributed by atoms with Crippen LogP contribution in [0, 0.1) is 13.8 Å². The molecule has 1 aromatic rings. The minimum Gasteiger partial charge on any atom is -0.503 e. The van der Waals surface area contributed by atoms with E-state index in [1.807, 2.05) is 19.9 Å². The average molecular weight is 344 g/mol. The summed E-state index contributed by atoms with van der Waals surface area (Å²) >= 11 is 0. The fourth-order valence-electron chi connectivity index (χ4n) is 2.48. The van der Waals surface area contributed by atoms with Gasteiger partial charge in [-0.2, -0.15) is 0 Å². The SMILES string of the molecule is CO/C=C(/C(=O)OC)c1cc(OC2=CC=CC(F)=CC2)c(C)cc1C. The lowest BCUT2D eigenvalue weighted by Gasteiger charge is -2.15. The van der Waals surface area contributed by atoms with Crippen LogP contribution in [0.15, 0.2) is 54.3 Å². The molecule has 25 heavy (non-hydrogen) atoms. The smallest absolute Gasteiger partial charge is 0.341 e. The molecule has 0 atom stereocenters. The number of benzene rings is 1. The van der Waals surface area contributed by atoms with Gasteiger partial charge < -0.3 is 14.2 Å². The van der Waals surface area contributed by atoms with E-state index in [0.717, 1.165) is 11.1 Å². The van der Waals surface area contributed by atoms with Crippen LogP contribution in [0.5, 0.6) is 5.75 Å². The molecule has 4 nitrogen and oxygen atoms in total. The number of carbonyl (C=O) groups is 1. The third kappa shape index (κ3) is 4.59. The predicted molar refractivity (Wildman–Crippen MR) is 94.6 cm³/mol. The topological polar surface area (TPSA) is 44.8 Å². The van der Waals surface area contributed by atoms with Gasteiger partial charge in [-0.25, -0.2) is 9.18 Å². The van der Waals surface area contributed by atoms with Crippen molar-refractivity contribution < 1.29 is 23.4 Å². The highest BCUT2D eigenvalue weighted by atomic mass is 19.1. The molecule has 0 aromatic heterocycles. The molecule has 132 valence electrons. The van der Waals surface area contributed by atoms with Gasteiger partial charge >= 0.3 is 5.97 Å². The number of rotatable bonds is 5. The number of allylic oxidation sites excluding steroid dienone is 5. The highest BCUT2D eigenvalue weighted by Crippen LogP contribution is 2.30. The summed E-state index contributed by atoms with van der Waals surface area (Å²) in [5.74, 6) is 0.396. The Morgan fingerprint density at radius 3 is 2.64 bits per heavy atom. The first-order valence-corrected chi connectivity index (χ1v) is 7.80. The lowest BCUT2D eigenvalue weighted by molar-refractivity contribution is -0.133. The number of halogens is 1. The standard InChI is InChI=1S/C20H21FO4/c1-13-10-14(2)19(25-16-7-5-6-15(21)8-9-16)11-17(13)18(12-23-3)20(22)24-4/h5-8,10-12H,9H2,1-4H3/b18-12+. The summed E-state index contributed by atoms with van der Waals surface area (Å²) < 4.78 is 29.0. The predicted octanol–water partition coefficient (Wildman–Crippen LogP) is 4.54. The molecule has 0 amide bonds. The summed E-state index contributed by atoms with van der Waals surface area (Å²) in [6, 6.07) is 3.68. The molecule has 0 saturated carbocycles. The van der Waals surface area contributed by atoms with Crippen LogP contribution in [0.25, 0.3) is 5.57 Å². The molecule has 1 aliphatic rings. The van der Waals surface area contributed by atoms with Crippen molar-refractivity contribution in [1.82, 2.24) is 0 Å². The zero-order valence-corrected chi connectivity index (χ0v) is 14.8. The summed E-state index contributed by atoms with van der Waals surface area (Å²) in [4.78, 5) is 12.0. The van der Waals surface area contributed by atoms with Gasteiger partial charge in [-0.3, -0.25) is 0 Å². The van der Waals surface area contributed by atoms with E-state index in [1.165, 1.54) is 32.6 Å². The van der Waals surface area contributed by atoms with Crippen LogP contribution in [0.1, 0.15) is 23.1 Å². The second kappa shape index (κ2) is 8.33. The zero-order chi connectivity index (χ0) is 18.4. The van der Waals surface area contributed by atoms with Crippen LogP contribution in [-0.2, 0) is 14.3 Å². The Kier molecular flexibility index (Phi) is 6.17. The van der Waals surface area contributed by atoms with E-state index in [-0.39, 0.29) is 5.83 Å². The summed E-state index contributed by atoms with van der Waals surface area (Å²) in [5.41, 5.74) is 2.74. The molecule has 0 fully saturated rings.